The summed E-state index contributed by atoms with van der Waals surface area (Å²) >= 11 is 6.43. The molecule has 224 valence electrons. The molecule has 4 N–H and O–H groups in total. The number of sulfonamides is 1. The first kappa shape index (κ1) is 30.0. The van der Waals surface area contributed by atoms with E-state index < -0.39 is 27.8 Å². The van der Waals surface area contributed by atoms with E-state index in [1.165, 1.54) is 19.4 Å². The van der Waals surface area contributed by atoms with Gasteiger partial charge in [-0.3, -0.25) is 4.79 Å². The second-order valence-corrected chi connectivity index (χ2v) is 12.8. The molecule has 0 unspecified atom stereocenters. The Kier molecular flexibility index (Phi) is 8.83. The molecular formula is C28H33ClFN7O4S. The lowest BCUT2D eigenvalue weighted by Crippen LogP contribution is -2.43. The summed E-state index contributed by atoms with van der Waals surface area (Å²) in [5.74, 6) is -0.699. The van der Waals surface area contributed by atoms with Crippen molar-refractivity contribution in [3.05, 3.63) is 70.1 Å². The molecule has 2 aromatic carbocycles. The molecule has 2 heterocycles. The number of aromatic nitrogens is 2. The lowest BCUT2D eigenvalue weighted by Gasteiger charge is -2.29. The summed E-state index contributed by atoms with van der Waals surface area (Å²) in [6, 6.07) is 9.13. The number of hydrogen-bond donors (Lipinski definition) is 4. The SMILES string of the molecule is COc1cc(F)c(C(=O)NC2CCN(C)CC2)cc1Nc1ncc(Cl)c(N[C@@H]2Cc3ccccc3[C@H]2NS(C)(=O)=O)n1. The highest BCUT2D eigenvalue weighted by molar-refractivity contribution is 7.88. The Morgan fingerprint density at radius 2 is 1.93 bits per heavy atom. The van der Waals surface area contributed by atoms with E-state index in [1.54, 1.807) is 0 Å². The van der Waals surface area contributed by atoms with Crippen molar-refractivity contribution in [1.29, 1.82) is 0 Å². The number of hydrogen-bond acceptors (Lipinski definition) is 9. The van der Waals surface area contributed by atoms with Crippen LogP contribution in [0.2, 0.25) is 5.02 Å². The molecule has 1 aliphatic carbocycles. The number of rotatable bonds is 9. The lowest BCUT2D eigenvalue weighted by atomic mass is 10.0. The highest BCUT2D eigenvalue weighted by Gasteiger charge is 2.35. The highest BCUT2D eigenvalue weighted by Crippen LogP contribution is 2.35. The van der Waals surface area contributed by atoms with Gasteiger partial charge in [-0.05, 0) is 56.6 Å². The molecular weight excluding hydrogens is 585 g/mol. The Hall–Kier alpha value is -3.52. The molecule has 0 radical (unpaired) electrons. The van der Waals surface area contributed by atoms with Gasteiger partial charge in [0.1, 0.15) is 16.6 Å². The van der Waals surface area contributed by atoms with Crippen molar-refractivity contribution >= 4 is 45.0 Å². The van der Waals surface area contributed by atoms with Gasteiger partial charge in [-0.2, -0.15) is 4.98 Å². The smallest absolute Gasteiger partial charge is 0.254 e. The first-order valence-corrected chi connectivity index (χ1v) is 15.8. The molecule has 1 aliphatic heterocycles. The summed E-state index contributed by atoms with van der Waals surface area (Å²) in [5.41, 5.74) is 2.02. The molecule has 11 nitrogen and oxygen atoms in total. The van der Waals surface area contributed by atoms with E-state index in [2.05, 4.69) is 35.5 Å². The molecule has 1 amide bonds. The third-order valence-corrected chi connectivity index (χ3v) is 8.43. The summed E-state index contributed by atoms with van der Waals surface area (Å²) in [6.07, 6.45) is 4.61. The van der Waals surface area contributed by atoms with Crippen LogP contribution in [0.1, 0.15) is 40.4 Å². The summed E-state index contributed by atoms with van der Waals surface area (Å²) in [5, 5.41) is 9.42. The number of ether oxygens (including phenoxy) is 1. The predicted octanol–water partition coefficient (Wildman–Crippen LogP) is 3.47. The average molecular weight is 618 g/mol. The fourth-order valence-electron chi connectivity index (χ4n) is 5.34. The quantitative estimate of drug-likeness (QED) is 0.284. The van der Waals surface area contributed by atoms with Gasteiger partial charge in [-0.25, -0.2) is 22.5 Å². The molecule has 0 saturated carbocycles. The molecule has 3 aromatic rings. The minimum Gasteiger partial charge on any atom is -0.494 e. The number of piperidine rings is 1. The fourth-order valence-corrected chi connectivity index (χ4v) is 6.24. The first-order chi connectivity index (χ1) is 20.0. The molecule has 1 saturated heterocycles. The molecule has 1 aromatic heterocycles. The number of methoxy groups -OCH3 is 1. The van der Waals surface area contributed by atoms with Gasteiger partial charge in [0.25, 0.3) is 5.91 Å². The molecule has 14 heteroatoms. The maximum Gasteiger partial charge on any atom is 0.254 e. The van der Waals surface area contributed by atoms with Crippen LogP contribution < -0.4 is 25.4 Å². The van der Waals surface area contributed by atoms with Crippen molar-refractivity contribution in [2.24, 2.45) is 0 Å². The standard InChI is InChI=1S/C28H33ClFN7O4S/c1-37-10-8-17(9-11-37)32-27(38)19-13-22(24(41-2)14-21(19)30)34-28-31-15-20(29)26(35-28)33-23-12-16-6-4-5-7-18(16)25(23)36-42(3,39)40/h4-7,13-15,17,23,25,36H,8-12H2,1-3H3,(H,32,38)(H2,31,33,34,35)/t23-,25-/m1/s1. The van der Waals surface area contributed by atoms with Crippen molar-refractivity contribution in [2.45, 2.75) is 37.4 Å². The number of fused-ring (bicyclic) bond motifs is 1. The summed E-state index contributed by atoms with van der Waals surface area (Å²) < 4.78 is 47.3. The van der Waals surface area contributed by atoms with Gasteiger partial charge in [0.2, 0.25) is 16.0 Å². The largest absolute Gasteiger partial charge is 0.494 e. The topological polar surface area (TPSA) is 138 Å². The summed E-state index contributed by atoms with van der Waals surface area (Å²) in [4.78, 5) is 23.9. The molecule has 2 aliphatic rings. The number of halogens is 2. The van der Waals surface area contributed by atoms with Gasteiger partial charge in [-0.1, -0.05) is 35.9 Å². The number of anilines is 3. The van der Waals surface area contributed by atoms with E-state index in [9.17, 15) is 17.6 Å². The van der Waals surface area contributed by atoms with E-state index in [0.717, 1.165) is 49.4 Å². The van der Waals surface area contributed by atoms with Gasteiger partial charge in [0.15, 0.2) is 5.82 Å². The zero-order chi connectivity index (χ0) is 30.0. The Morgan fingerprint density at radius 3 is 2.64 bits per heavy atom. The minimum atomic E-state index is -3.52. The Labute approximate surface area is 249 Å². The zero-order valence-corrected chi connectivity index (χ0v) is 25.0. The second kappa shape index (κ2) is 12.4. The van der Waals surface area contributed by atoms with Gasteiger partial charge in [0.05, 0.1) is 42.9 Å². The van der Waals surface area contributed by atoms with Crippen molar-refractivity contribution in [3.8, 4) is 5.75 Å². The minimum absolute atomic E-state index is 0.0393. The van der Waals surface area contributed by atoms with Gasteiger partial charge >= 0.3 is 0 Å². The monoisotopic (exact) mass is 617 g/mol. The Balaban J connectivity index is 1.37. The maximum absolute atomic E-state index is 14.9. The number of amides is 1. The summed E-state index contributed by atoms with van der Waals surface area (Å²) in [7, 11) is -0.103. The van der Waals surface area contributed by atoms with E-state index in [1.807, 2.05) is 31.3 Å². The van der Waals surface area contributed by atoms with Crippen LogP contribution >= 0.6 is 11.6 Å². The number of nitrogens with zero attached hydrogens (tertiary/aromatic N) is 3. The van der Waals surface area contributed by atoms with E-state index >= 15 is 0 Å². The summed E-state index contributed by atoms with van der Waals surface area (Å²) in [6.45, 7) is 1.70. The van der Waals surface area contributed by atoms with E-state index in [-0.39, 0.29) is 45.9 Å². The van der Waals surface area contributed by atoms with Crippen LogP contribution in [-0.2, 0) is 16.4 Å². The lowest BCUT2D eigenvalue weighted by molar-refractivity contribution is 0.0912. The van der Waals surface area contributed by atoms with Crippen molar-refractivity contribution in [2.75, 3.05) is 44.1 Å². The predicted molar refractivity (Wildman–Crippen MR) is 160 cm³/mol. The van der Waals surface area contributed by atoms with Crippen LogP contribution in [0.4, 0.5) is 21.8 Å². The van der Waals surface area contributed by atoms with Crippen LogP contribution in [0, 0.1) is 5.82 Å². The van der Waals surface area contributed by atoms with Crippen molar-refractivity contribution in [3.63, 3.8) is 0 Å². The van der Waals surface area contributed by atoms with Crippen LogP contribution in [0.5, 0.6) is 5.75 Å². The fraction of sp³-hybridized carbons (Fsp3) is 0.393. The zero-order valence-electron chi connectivity index (χ0n) is 23.4. The van der Waals surface area contributed by atoms with Crippen LogP contribution in [0.15, 0.2) is 42.6 Å². The molecule has 0 bridgehead atoms. The number of carbonyl (C=O) groups excluding carboxylic acids is 1. The molecule has 0 spiro atoms. The van der Waals surface area contributed by atoms with Crippen molar-refractivity contribution < 1.29 is 22.3 Å². The van der Waals surface area contributed by atoms with Crippen LogP contribution in [-0.4, -0.2) is 74.8 Å². The third-order valence-electron chi connectivity index (χ3n) is 7.47. The van der Waals surface area contributed by atoms with Crippen molar-refractivity contribution in [1.82, 2.24) is 24.9 Å². The number of benzene rings is 2. The van der Waals surface area contributed by atoms with Crippen LogP contribution in [0.25, 0.3) is 0 Å². The molecule has 2 atom stereocenters. The van der Waals surface area contributed by atoms with Gasteiger partial charge in [0, 0.05) is 12.1 Å². The average Bonchev–Trinajstić information content (AvgIpc) is 3.27. The Bertz CT molecular complexity index is 1580. The van der Waals surface area contributed by atoms with Gasteiger partial charge < -0.3 is 25.6 Å². The van der Waals surface area contributed by atoms with E-state index in [4.69, 9.17) is 16.3 Å². The number of carbonyl (C=O) groups is 1. The van der Waals surface area contributed by atoms with Gasteiger partial charge in [-0.15, -0.1) is 0 Å². The van der Waals surface area contributed by atoms with Crippen LogP contribution in [0.3, 0.4) is 0 Å². The molecule has 1 fully saturated rings. The first-order valence-electron chi connectivity index (χ1n) is 13.5. The number of likely N-dealkylation sites (tertiary alicyclic amines) is 1. The maximum atomic E-state index is 14.9. The highest BCUT2D eigenvalue weighted by atomic mass is 35.5. The third kappa shape index (κ3) is 6.92. The molecule has 42 heavy (non-hydrogen) atoms. The number of nitrogens with one attached hydrogen (secondary N) is 4. The molecule has 5 rings (SSSR count). The normalized spacial score (nSPS) is 19.3. The van der Waals surface area contributed by atoms with E-state index in [0.29, 0.717) is 6.42 Å². The second-order valence-electron chi connectivity index (χ2n) is 10.6. The Morgan fingerprint density at radius 1 is 1.19 bits per heavy atom.